The standard InChI is InChI=1S/C32H33N7O/c1-19-5-8-22-10-12-26(24(22)15-19)36-38-30-18-31(39-37-27-13-11-23-9-6-20(2)16-25(23)27)35-32(34-30)33-28-17-21(3)7-14-29(28)40-4/h5-9,14-18H,10-13H2,1-4H3,(H3,33,34,35,38,39). The van der Waals surface area contributed by atoms with Gasteiger partial charge in [-0.2, -0.15) is 20.2 Å². The Morgan fingerprint density at radius 1 is 0.650 bits per heavy atom. The molecule has 0 fully saturated rings. The average molecular weight is 532 g/mol. The summed E-state index contributed by atoms with van der Waals surface area (Å²) >= 11 is 0. The Morgan fingerprint density at radius 2 is 1.18 bits per heavy atom. The van der Waals surface area contributed by atoms with Crippen molar-refractivity contribution < 1.29 is 4.74 Å². The van der Waals surface area contributed by atoms with Gasteiger partial charge in [-0.25, -0.2) is 0 Å². The summed E-state index contributed by atoms with van der Waals surface area (Å²) in [6.07, 6.45) is 3.76. The van der Waals surface area contributed by atoms with Gasteiger partial charge in [0.25, 0.3) is 0 Å². The summed E-state index contributed by atoms with van der Waals surface area (Å²) in [5.41, 5.74) is 17.8. The second-order valence-corrected chi connectivity index (χ2v) is 10.5. The van der Waals surface area contributed by atoms with E-state index in [4.69, 9.17) is 24.9 Å². The van der Waals surface area contributed by atoms with Crippen LogP contribution in [0, 0.1) is 20.8 Å². The van der Waals surface area contributed by atoms with Crippen LogP contribution >= 0.6 is 0 Å². The molecule has 0 saturated heterocycles. The van der Waals surface area contributed by atoms with Gasteiger partial charge in [-0.15, -0.1) is 0 Å². The van der Waals surface area contributed by atoms with E-state index in [1.807, 2.05) is 31.2 Å². The maximum atomic E-state index is 5.56. The molecule has 202 valence electrons. The van der Waals surface area contributed by atoms with Crippen molar-refractivity contribution >= 4 is 34.7 Å². The minimum absolute atomic E-state index is 0.405. The molecule has 0 amide bonds. The molecule has 8 nitrogen and oxygen atoms in total. The number of anilines is 4. The minimum Gasteiger partial charge on any atom is -0.495 e. The van der Waals surface area contributed by atoms with Crippen LogP contribution < -0.4 is 20.9 Å². The first-order chi connectivity index (χ1) is 19.4. The Balaban J connectivity index is 1.32. The fourth-order valence-corrected chi connectivity index (χ4v) is 5.27. The van der Waals surface area contributed by atoms with Crippen molar-refractivity contribution in [3.63, 3.8) is 0 Å². The fraction of sp³-hybridized carbons (Fsp3) is 0.250. The van der Waals surface area contributed by atoms with Gasteiger partial charge in [-0.3, -0.25) is 10.9 Å². The lowest BCUT2D eigenvalue weighted by molar-refractivity contribution is 0.416. The predicted molar refractivity (Wildman–Crippen MR) is 162 cm³/mol. The number of hydrogen-bond donors (Lipinski definition) is 3. The van der Waals surface area contributed by atoms with Crippen LogP contribution in [0.3, 0.4) is 0 Å². The first kappa shape index (κ1) is 25.6. The molecule has 2 aliphatic carbocycles. The van der Waals surface area contributed by atoms with Crippen LogP contribution in [-0.2, 0) is 12.8 Å². The molecule has 1 aromatic heterocycles. The number of rotatable bonds is 7. The molecular formula is C32H33N7O. The lowest BCUT2D eigenvalue weighted by atomic mass is 10.1. The molecule has 4 aromatic rings. The summed E-state index contributed by atoms with van der Waals surface area (Å²) in [5.74, 6) is 2.23. The number of hydrogen-bond acceptors (Lipinski definition) is 8. The Labute approximate surface area is 234 Å². The molecule has 0 saturated carbocycles. The van der Waals surface area contributed by atoms with Crippen LogP contribution in [0.5, 0.6) is 5.75 Å². The molecule has 0 atom stereocenters. The van der Waals surface area contributed by atoms with Crippen molar-refractivity contribution in [1.82, 2.24) is 9.97 Å². The number of nitrogens with zero attached hydrogens (tertiary/aromatic N) is 4. The van der Waals surface area contributed by atoms with E-state index in [2.05, 4.69) is 66.4 Å². The Bertz CT molecular complexity index is 1570. The zero-order valence-corrected chi connectivity index (χ0v) is 23.3. The van der Waals surface area contributed by atoms with Crippen LogP contribution in [0.25, 0.3) is 0 Å². The molecule has 2 aliphatic rings. The quantitative estimate of drug-likeness (QED) is 0.230. The molecule has 8 heteroatoms. The molecule has 1 heterocycles. The van der Waals surface area contributed by atoms with E-state index in [0.717, 1.165) is 48.4 Å². The third kappa shape index (κ3) is 5.38. The monoisotopic (exact) mass is 531 g/mol. The van der Waals surface area contributed by atoms with Gasteiger partial charge in [0.15, 0.2) is 11.6 Å². The van der Waals surface area contributed by atoms with Gasteiger partial charge in [0, 0.05) is 17.2 Å². The highest BCUT2D eigenvalue weighted by Crippen LogP contribution is 2.29. The Kier molecular flexibility index (Phi) is 6.90. The summed E-state index contributed by atoms with van der Waals surface area (Å²) in [6, 6.07) is 20.9. The largest absolute Gasteiger partial charge is 0.495 e. The van der Waals surface area contributed by atoms with Crippen LogP contribution in [0.2, 0.25) is 0 Å². The highest BCUT2D eigenvalue weighted by molar-refractivity contribution is 6.05. The molecule has 3 N–H and O–H groups in total. The zero-order chi connectivity index (χ0) is 27.6. The summed E-state index contributed by atoms with van der Waals surface area (Å²) in [5, 5.41) is 12.8. The van der Waals surface area contributed by atoms with Crippen LogP contribution in [0.15, 0.2) is 70.9 Å². The van der Waals surface area contributed by atoms with Gasteiger partial charge in [-0.05, 0) is 87.4 Å². The third-order valence-electron chi connectivity index (χ3n) is 7.35. The number of methoxy groups -OCH3 is 1. The molecular weight excluding hydrogens is 498 g/mol. The van der Waals surface area contributed by atoms with Crippen molar-refractivity contribution in [3.05, 3.63) is 99.6 Å². The molecule has 0 radical (unpaired) electrons. The molecule has 3 aromatic carbocycles. The zero-order valence-electron chi connectivity index (χ0n) is 23.3. The van der Waals surface area contributed by atoms with Gasteiger partial charge < -0.3 is 10.1 Å². The molecule has 0 unspecified atom stereocenters. The third-order valence-corrected chi connectivity index (χ3v) is 7.35. The van der Waals surface area contributed by atoms with Crippen molar-refractivity contribution in [2.24, 2.45) is 10.2 Å². The van der Waals surface area contributed by atoms with Gasteiger partial charge in [0.05, 0.1) is 24.2 Å². The number of ether oxygens (including phenoxy) is 1. The predicted octanol–water partition coefficient (Wildman–Crippen LogP) is 6.68. The highest BCUT2D eigenvalue weighted by atomic mass is 16.5. The maximum Gasteiger partial charge on any atom is 0.231 e. The number of nitrogens with one attached hydrogen (secondary N) is 3. The highest BCUT2D eigenvalue weighted by Gasteiger charge is 2.19. The molecule has 0 spiro atoms. The summed E-state index contributed by atoms with van der Waals surface area (Å²) in [7, 11) is 1.65. The van der Waals surface area contributed by atoms with E-state index in [9.17, 15) is 0 Å². The number of fused-ring (bicyclic) bond motifs is 2. The lowest BCUT2D eigenvalue weighted by Gasteiger charge is -2.13. The maximum absolute atomic E-state index is 5.56. The molecule has 0 bridgehead atoms. The van der Waals surface area contributed by atoms with Gasteiger partial charge in [0.2, 0.25) is 5.95 Å². The number of aryl methyl sites for hydroxylation is 5. The second kappa shape index (κ2) is 10.8. The van der Waals surface area contributed by atoms with Crippen molar-refractivity contribution in [1.29, 1.82) is 0 Å². The molecule has 40 heavy (non-hydrogen) atoms. The van der Waals surface area contributed by atoms with Crippen LogP contribution in [-0.4, -0.2) is 28.5 Å². The van der Waals surface area contributed by atoms with Crippen molar-refractivity contribution in [2.45, 2.75) is 46.5 Å². The topological polar surface area (TPSA) is 95.8 Å². The number of benzene rings is 3. The smallest absolute Gasteiger partial charge is 0.231 e. The van der Waals surface area contributed by atoms with Crippen molar-refractivity contribution in [2.75, 3.05) is 23.3 Å². The van der Waals surface area contributed by atoms with Gasteiger partial charge >= 0.3 is 0 Å². The van der Waals surface area contributed by atoms with Gasteiger partial charge in [0.1, 0.15) is 5.75 Å². The lowest BCUT2D eigenvalue weighted by Crippen LogP contribution is -2.07. The summed E-state index contributed by atoms with van der Waals surface area (Å²) < 4.78 is 5.56. The number of aromatic nitrogens is 2. The Hall–Kier alpha value is -4.72. The SMILES string of the molecule is COc1ccc(C)cc1Nc1nc(NN=C2CCc3ccc(C)cc32)cc(NN=C2CCc3ccc(C)cc32)n1. The van der Waals surface area contributed by atoms with E-state index in [1.165, 1.54) is 33.4 Å². The summed E-state index contributed by atoms with van der Waals surface area (Å²) in [6.45, 7) is 6.25. The Morgan fingerprint density at radius 3 is 1.73 bits per heavy atom. The van der Waals surface area contributed by atoms with E-state index >= 15 is 0 Å². The second-order valence-electron chi connectivity index (χ2n) is 10.5. The first-order valence-corrected chi connectivity index (χ1v) is 13.6. The molecule has 0 aliphatic heterocycles. The van der Waals surface area contributed by atoms with E-state index in [-0.39, 0.29) is 0 Å². The van der Waals surface area contributed by atoms with Crippen molar-refractivity contribution in [3.8, 4) is 5.75 Å². The van der Waals surface area contributed by atoms with Gasteiger partial charge in [-0.1, -0.05) is 41.5 Å². The number of hydrazone groups is 2. The van der Waals surface area contributed by atoms with E-state index in [1.54, 1.807) is 7.11 Å². The molecule has 6 rings (SSSR count). The van der Waals surface area contributed by atoms with Crippen LogP contribution in [0.4, 0.5) is 23.3 Å². The minimum atomic E-state index is 0.405. The fourth-order valence-electron chi connectivity index (χ4n) is 5.27. The van der Waals surface area contributed by atoms with Crippen LogP contribution in [0.1, 0.15) is 51.8 Å². The normalized spacial score (nSPS) is 15.7. The average Bonchev–Trinajstić information content (AvgIpc) is 3.54. The first-order valence-electron chi connectivity index (χ1n) is 13.6. The van der Waals surface area contributed by atoms with E-state index in [0.29, 0.717) is 23.3 Å². The summed E-state index contributed by atoms with van der Waals surface area (Å²) in [4.78, 5) is 9.42. The van der Waals surface area contributed by atoms with E-state index < -0.39 is 0 Å².